The van der Waals surface area contributed by atoms with Gasteiger partial charge in [-0.05, 0) is 41.5 Å². The van der Waals surface area contributed by atoms with Crippen LogP contribution < -0.4 is 10.9 Å². The van der Waals surface area contributed by atoms with Gasteiger partial charge in [-0.1, -0.05) is 42.5 Å². The molecule has 0 fully saturated rings. The SMILES string of the molecule is CN(CCCNC(=O)c1nc2ccccc2c(=O)[nH]1)C(=O)c1ccc2ccccc2c1. The predicted molar refractivity (Wildman–Crippen MR) is 120 cm³/mol. The van der Waals surface area contributed by atoms with Crippen molar-refractivity contribution in [3.63, 3.8) is 0 Å². The van der Waals surface area contributed by atoms with E-state index in [0.717, 1.165) is 10.8 Å². The molecule has 0 saturated heterocycles. The van der Waals surface area contributed by atoms with Gasteiger partial charge in [0.25, 0.3) is 17.4 Å². The van der Waals surface area contributed by atoms with Gasteiger partial charge in [-0.25, -0.2) is 4.98 Å². The molecule has 2 amide bonds. The molecule has 0 unspecified atom stereocenters. The second-order valence-electron chi connectivity index (χ2n) is 7.33. The van der Waals surface area contributed by atoms with Crippen LogP contribution in [0, 0.1) is 0 Å². The van der Waals surface area contributed by atoms with Crippen LogP contribution in [0.1, 0.15) is 27.4 Å². The Bertz CT molecular complexity index is 1330. The maximum atomic E-state index is 12.7. The van der Waals surface area contributed by atoms with E-state index in [1.165, 1.54) is 0 Å². The number of nitrogens with one attached hydrogen (secondary N) is 2. The number of rotatable bonds is 6. The Hall–Kier alpha value is -4.00. The molecule has 0 aliphatic heterocycles. The minimum atomic E-state index is -0.452. The van der Waals surface area contributed by atoms with Crippen LogP contribution in [-0.4, -0.2) is 46.8 Å². The summed E-state index contributed by atoms with van der Waals surface area (Å²) < 4.78 is 0. The Labute approximate surface area is 178 Å². The van der Waals surface area contributed by atoms with Gasteiger partial charge in [0, 0.05) is 25.7 Å². The molecule has 31 heavy (non-hydrogen) atoms. The van der Waals surface area contributed by atoms with Crippen molar-refractivity contribution in [3.8, 4) is 0 Å². The van der Waals surface area contributed by atoms with Gasteiger partial charge in [-0.15, -0.1) is 0 Å². The summed E-state index contributed by atoms with van der Waals surface area (Å²) in [4.78, 5) is 45.5. The second kappa shape index (κ2) is 8.79. The second-order valence-corrected chi connectivity index (χ2v) is 7.33. The first-order valence-corrected chi connectivity index (χ1v) is 10.0. The van der Waals surface area contributed by atoms with Crippen molar-refractivity contribution in [2.24, 2.45) is 0 Å². The topological polar surface area (TPSA) is 95.2 Å². The van der Waals surface area contributed by atoms with E-state index >= 15 is 0 Å². The smallest absolute Gasteiger partial charge is 0.287 e. The number of aromatic amines is 1. The molecule has 1 heterocycles. The molecule has 4 aromatic rings. The van der Waals surface area contributed by atoms with Crippen LogP contribution in [0.3, 0.4) is 0 Å². The standard InChI is InChI=1S/C24H22N4O3/c1-28(24(31)18-12-11-16-7-2-3-8-17(16)15-18)14-6-13-25-23(30)21-26-20-10-5-4-9-19(20)22(29)27-21/h2-5,7-12,15H,6,13-14H2,1H3,(H,25,30)(H,26,27,29). The normalized spacial score (nSPS) is 10.9. The van der Waals surface area contributed by atoms with Crippen LogP contribution in [0.15, 0.2) is 71.5 Å². The molecule has 0 spiro atoms. The zero-order valence-corrected chi connectivity index (χ0v) is 17.1. The summed E-state index contributed by atoms with van der Waals surface area (Å²) in [5.74, 6) is -0.548. The number of nitrogens with zero attached hydrogens (tertiary/aromatic N) is 2. The van der Waals surface area contributed by atoms with E-state index in [-0.39, 0.29) is 17.3 Å². The van der Waals surface area contributed by atoms with E-state index in [4.69, 9.17) is 0 Å². The van der Waals surface area contributed by atoms with Gasteiger partial charge in [0.05, 0.1) is 10.9 Å². The summed E-state index contributed by atoms with van der Waals surface area (Å²) >= 11 is 0. The van der Waals surface area contributed by atoms with Gasteiger partial charge in [-0.2, -0.15) is 0 Å². The molecule has 0 bridgehead atoms. The van der Waals surface area contributed by atoms with Crippen LogP contribution in [0.25, 0.3) is 21.7 Å². The van der Waals surface area contributed by atoms with Crippen LogP contribution in [0.5, 0.6) is 0 Å². The number of fused-ring (bicyclic) bond motifs is 2. The molecule has 0 saturated carbocycles. The van der Waals surface area contributed by atoms with Crippen molar-refractivity contribution in [1.82, 2.24) is 20.2 Å². The van der Waals surface area contributed by atoms with Gasteiger partial charge >= 0.3 is 0 Å². The van der Waals surface area contributed by atoms with Crippen molar-refractivity contribution in [3.05, 3.63) is 88.5 Å². The molecule has 0 atom stereocenters. The third kappa shape index (κ3) is 4.45. The lowest BCUT2D eigenvalue weighted by Crippen LogP contribution is -2.32. The predicted octanol–water partition coefficient (Wildman–Crippen LogP) is 2.97. The number of benzene rings is 3. The van der Waals surface area contributed by atoms with E-state index in [1.807, 2.05) is 42.5 Å². The zero-order chi connectivity index (χ0) is 21.8. The highest BCUT2D eigenvalue weighted by Crippen LogP contribution is 2.16. The average molecular weight is 414 g/mol. The van der Waals surface area contributed by atoms with E-state index in [0.29, 0.717) is 36.0 Å². The summed E-state index contributed by atoms with van der Waals surface area (Å²) in [6.45, 7) is 0.832. The molecule has 7 nitrogen and oxygen atoms in total. The van der Waals surface area contributed by atoms with Crippen molar-refractivity contribution >= 4 is 33.5 Å². The number of para-hydroxylation sites is 1. The van der Waals surface area contributed by atoms with Gasteiger partial charge in [0.1, 0.15) is 0 Å². The number of aromatic nitrogens is 2. The molecule has 156 valence electrons. The van der Waals surface area contributed by atoms with Crippen LogP contribution >= 0.6 is 0 Å². The van der Waals surface area contributed by atoms with Crippen molar-refractivity contribution in [1.29, 1.82) is 0 Å². The molecule has 0 radical (unpaired) electrons. The number of hydrogen-bond donors (Lipinski definition) is 2. The van der Waals surface area contributed by atoms with Gasteiger partial charge in [0.2, 0.25) is 0 Å². The Kier molecular flexibility index (Phi) is 5.75. The van der Waals surface area contributed by atoms with Crippen molar-refractivity contribution < 1.29 is 9.59 Å². The minimum absolute atomic E-state index is 0.0238. The van der Waals surface area contributed by atoms with Crippen LogP contribution in [0.2, 0.25) is 0 Å². The lowest BCUT2D eigenvalue weighted by atomic mass is 10.1. The summed E-state index contributed by atoms with van der Waals surface area (Å²) in [5.41, 5.74) is 0.747. The highest BCUT2D eigenvalue weighted by molar-refractivity contribution is 5.98. The maximum Gasteiger partial charge on any atom is 0.287 e. The molecule has 2 N–H and O–H groups in total. The number of hydrogen-bond acceptors (Lipinski definition) is 4. The van der Waals surface area contributed by atoms with Crippen LogP contribution in [-0.2, 0) is 0 Å². The first-order chi connectivity index (χ1) is 15.0. The van der Waals surface area contributed by atoms with Gasteiger partial charge < -0.3 is 15.2 Å². The minimum Gasteiger partial charge on any atom is -0.349 e. The summed E-state index contributed by atoms with van der Waals surface area (Å²) in [6, 6.07) is 20.4. The number of carbonyl (C=O) groups is 2. The average Bonchev–Trinajstić information content (AvgIpc) is 2.80. The third-order valence-electron chi connectivity index (χ3n) is 5.13. The van der Waals surface area contributed by atoms with Gasteiger partial charge in [-0.3, -0.25) is 14.4 Å². The fourth-order valence-corrected chi connectivity index (χ4v) is 3.44. The lowest BCUT2D eigenvalue weighted by molar-refractivity contribution is 0.0793. The molecule has 0 aliphatic carbocycles. The molecule has 3 aromatic carbocycles. The molecule has 4 rings (SSSR count). The molecule has 1 aromatic heterocycles. The molecular formula is C24H22N4O3. The molecular weight excluding hydrogens is 392 g/mol. The van der Waals surface area contributed by atoms with Gasteiger partial charge in [0.15, 0.2) is 5.82 Å². The fourth-order valence-electron chi connectivity index (χ4n) is 3.44. The Morgan fingerprint density at radius 2 is 1.74 bits per heavy atom. The summed E-state index contributed by atoms with van der Waals surface area (Å²) in [5, 5.41) is 5.28. The van der Waals surface area contributed by atoms with E-state index in [9.17, 15) is 14.4 Å². The maximum absolute atomic E-state index is 12.7. The van der Waals surface area contributed by atoms with E-state index in [2.05, 4.69) is 15.3 Å². The highest BCUT2D eigenvalue weighted by atomic mass is 16.2. The van der Waals surface area contributed by atoms with Crippen molar-refractivity contribution in [2.75, 3.05) is 20.1 Å². The highest BCUT2D eigenvalue weighted by Gasteiger charge is 2.13. The zero-order valence-electron chi connectivity index (χ0n) is 17.1. The molecule has 7 heteroatoms. The number of carbonyl (C=O) groups excluding carboxylic acids is 2. The quantitative estimate of drug-likeness (QED) is 0.474. The van der Waals surface area contributed by atoms with E-state index < -0.39 is 5.91 Å². The first-order valence-electron chi connectivity index (χ1n) is 10.0. The summed E-state index contributed by atoms with van der Waals surface area (Å²) in [6.07, 6.45) is 0.569. The van der Waals surface area contributed by atoms with Crippen molar-refractivity contribution in [2.45, 2.75) is 6.42 Å². The fraction of sp³-hybridized carbons (Fsp3) is 0.167. The first kappa shape index (κ1) is 20.3. The molecule has 0 aliphatic rings. The Balaban J connectivity index is 1.32. The monoisotopic (exact) mass is 414 g/mol. The lowest BCUT2D eigenvalue weighted by Gasteiger charge is -2.17. The Morgan fingerprint density at radius 3 is 2.58 bits per heavy atom. The number of amides is 2. The van der Waals surface area contributed by atoms with E-state index in [1.54, 1.807) is 36.2 Å². The Morgan fingerprint density at radius 1 is 1.00 bits per heavy atom. The number of H-pyrrole nitrogens is 1. The summed E-state index contributed by atoms with van der Waals surface area (Å²) in [7, 11) is 1.74. The largest absolute Gasteiger partial charge is 0.349 e. The third-order valence-corrected chi connectivity index (χ3v) is 5.13. The van der Waals surface area contributed by atoms with Crippen LogP contribution in [0.4, 0.5) is 0 Å².